The normalized spacial score (nSPS) is 11.7. The maximum absolute atomic E-state index is 2.47. The highest BCUT2D eigenvalue weighted by Crippen LogP contribution is 2.54. The zero-order valence-electron chi connectivity index (χ0n) is 28.7. The minimum Gasteiger partial charge on any atom is -0.310 e. The molecule has 0 atom stereocenters. The van der Waals surface area contributed by atoms with Crippen molar-refractivity contribution in [3.63, 3.8) is 0 Å². The average molecular weight is 650 g/mol. The van der Waals surface area contributed by atoms with Gasteiger partial charge in [-0.2, -0.15) is 0 Å². The fourth-order valence-electron chi connectivity index (χ4n) is 8.34. The van der Waals surface area contributed by atoms with Gasteiger partial charge in [-0.05, 0) is 150 Å². The number of hydrogen-bond donors (Lipinski definition) is 0. The fraction of sp³-hybridized carbons (Fsp3) is 0.0400. The van der Waals surface area contributed by atoms with Crippen molar-refractivity contribution in [1.29, 1.82) is 0 Å². The van der Waals surface area contributed by atoms with Crippen molar-refractivity contribution in [2.24, 2.45) is 0 Å². The molecule has 0 unspecified atom stereocenters. The van der Waals surface area contributed by atoms with E-state index in [1.54, 1.807) is 0 Å². The van der Waals surface area contributed by atoms with Crippen LogP contribution in [-0.2, 0) is 0 Å². The average Bonchev–Trinajstić information content (AvgIpc) is 3.18. The highest BCUT2D eigenvalue weighted by Gasteiger charge is 2.27. The first-order valence-electron chi connectivity index (χ1n) is 17.8. The summed E-state index contributed by atoms with van der Waals surface area (Å²) in [6, 6.07) is 64.8. The Labute approximate surface area is 298 Å². The van der Waals surface area contributed by atoms with Gasteiger partial charge in [0.05, 0.1) is 0 Å². The van der Waals surface area contributed by atoms with Gasteiger partial charge in [-0.25, -0.2) is 0 Å². The summed E-state index contributed by atoms with van der Waals surface area (Å²) in [7, 11) is 0. The fourth-order valence-corrected chi connectivity index (χ4v) is 8.34. The van der Waals surface area contributed by atoms with E-state index in [9.17, 15) is 0 Å². The second-order valence-electron chi connectivity index (χ2n) is 13.8. The maximum Gasteiger partial charge on any atom is 0.0490 e. The summed E-state index contributed by atoms with van der Waals surface area (Å²) in [6.07, 6.45) is 0. The molecule has 1 aliphatic carbocycles. The summed E-state index contributed by atoms with van der Waals surface area (Å²) in [5.74, 6) is 0. The van der Waals surface area contributed by atoms with E-state index >= 15 is 0 Å². The molecule has 0 aliphatic heterocycles. The van der Waals surface area contributed by atoms with Crippen LogP contribution in [0.1, 0.15) is 11.1 Å². The van der Waals surface area contributed by atoms with Gasteiger partial charge in [0.25, 0.3) is 0 Å². The van der Waals surface area contributed by atoms with Gasteiger partial charge in [0.15, 0.2) is 0 Å². The molecule has 0 bridgehead atoms. The quantitative estimate of drug-likeness (QED) is 0.168. The van der Waals surface area contributed by atoms with Gasteiger partial charge in [0.1, 0.15) is 0 Å². The van der Waals surface area contributed by atoms with Crippen molar-refractivity contribution in [2.45, 2.75) is 13.8 Å². The molecule has 0 spiro atoms. The van der Waals surface area contributed by atoms with E-state index < -0.39 is 0 Å². The molecule has 10 rings (SSSR count). The Bertz CT molecular complexity index is 2770. The summed E-state index contributed by atoms with van der Waals surface area (Å²) in [4.78, 5) is 2.41. The largest absolute Gasteiger partial charge is 0.310 e. The van der Waals surface area contributed by atoms with Crippen LogP contribution in [0.5, 0.6) is 0 Å². The minimum atomic E-state index is 1.16. The zero-order chi connectivity index (χ0) is 34.1. The van der Waals surface area contributed by atoms with Crippen LogP contribution in [-0.4, -0.2) is 0 Å². The minimum absolute atomic E-state index is 1.16. The zero-order valence-corrected chi connectivity index (χ0v) is 28.7. The lowest BCUT2D eigenvalue weighted by molar-refractivity contribution is 1.23. The summed E-state index contributed by atoms with van der Waals surface area (Å²) in [5, 5.41) is 7.66. The maximum atomic E-state index is 2.47. The number of hydrogen-bond acceptors (Lipinski definition) is 1. The number of para-hydroxylation sites is 2. The van der Waals surface area contributed by atoms with Gasteiger partial charge in [-0.1, -0.05) is 127 Å². The van der Waals surface area contributed by atoms with E-state index in [-0.39, 0.29) is 0 Å². The third-order valence-corrected chi connectivity index (χ3v) is 10.8. The monoisotopic (exact) mass is 649 g/mol. The lowest BCUT2D eigenvalue weighted by Crippen LogP contribution is -2.12. The predicted octanol–water partition coefficient (Wildman–Crippen LogP) is 14.2. The molecule has 1 heteroatoms. The van der Waals surface area contributed by atoms with E-state index in [4.69, 9.17) is 0 Å². The van der Waals surface area contributed by atoms with Crippen LogP contribution < -0.4 is 4.90 Å². The van der Waals surface area contributed by atoms with Gasteiger partial charge in [0.2, 0.25) is 0 Å². The van der Waals surface area contributed by atoms with Crippen molar-refractivity contribution < 1.29 is 0 Å². The number of fused-ring (bicyclic) bond motifs is 7. The molecule has 9 aromatic rings. The van der Waals surface area contributed by atoms with Crippen molar-refractivity contribution >= 4 is 49.4 Å². The molecule has 0 fully saturated rings. The number of anilines is 3. The molecule has 0 radical (unpaired) electrons. The molecule has 51 heavy (non-hydrogen) atoms. The van der Waals surface area contributed by atoms with Crippen molar-refractivity contribution in [3.05, 3.63) is 187 Å². The van der Waals surface area contributed by atoms with Gasteiger partial charge < -0.3 is 4.90 Å². The van der Waals surface area contributed by atoms with Crippen molar-refractivity contribution in [1.82, 2.24) is 0 Å². The molecule has 0 amide bonds. The van der Waals surface area contributed by atoms with E-state index in [2.05, 4.69) is 195 Å². The first-order valence-corrected chi connectivity index (χ1v) is 17.8. The Kier molecular flexibility index (Phi) is 6.69. The Morgan fingerprint density at radius 2 is 0.765 bits per heavy atom. The number of aryl methyl sites for hydroxylation is 2. The summed E-state index contributed by atoms with van der Waals surface area (Å²) in [6.45, 7) is 4.39. The Morgan fingerprint density at radius 3 is 1.27 bits per heavy atom. The van der Waals surface area contributed by atoms with Crippen LogP contribution in [0.2, 0.25) is 0 Å². The summed E-state index contributed by atoms with van der Waals surface area (Å²) >= 11 is 0. The molecule has 0 saturated carbocycles. The van der Waals surface area contributed by atoms with Crippen LogP contribution in [0, 0.1) is 13.8 Å². The molecule has 0 aromatic heterocycles. The smallest absolute Gasteiger partial charge is 0.0490 e. The molecule has 0 N–H and O–H groups in total. The Balaban J connectivity index is 1.20. The molecule has 240 valence electrons. The van der Waals surface area contributed by atoms with Crippen LogP contribution in [0.25, 0.3) is 76.8 Å². The molecule has 0 saturated heterocycles. The van der Waals surface area contributed by atoms with Gasteiger partial charge in [-0.15, -0.1) is 0 Å². The predicted molar refractivity (Wildman–Crippen MR) is 218 cm³/mol. The third-order valence-electron chi connectivity index (χ3n) is 10.8. The summed E-state index contributed by atoms with van der Waals surface area (Å²) < 4.78 is 0. The van der Waals surface area contributed by atoms with Crippen LogP contribution in [0.15, 0.2) is 176 Å². The highest BCUT2D eigenvalue weighted by atomic mass is 15.1. The second kappa shape index (κ2) is 11.6. The van der Waals surface area contributed by atoms with Gasteiger partial charge >= 0.3 is 0 Å². The van der Waals surface area contributed by atoms with Crippen LogP contribution >= 0.6 is 0 Å². The molecular formula is C50H35N. The Hall–Kier alpha value is -6.44. The highest BCUT2D eigenvalue weighted by molar-refractivity contribution is 6.24. The molecule has 1 nitrogen and oxygen atoms in total. The summed E-state index contributed by atoms with van der Waals surface area (Å²) in [5.41, 5.74) is 16.4. The molecule has 9 aromatic carbocycles. The van der Waals surface area contributed by atoms with Gasteiger partial charge in [-0.3, -0.25) is 0 Å². The SMILES string of the molecule is Cc1ccccc1N(c1ccc2cc3c(cc2c1)-c1cc2c(-c4ccccc4)c4ccccc4c(-c4ccccc4)c2cc1-3)c1ccccc1C. The number of nitrogens with zero attached hydrogens (tertiary/aromatic N) is 1. The molecule has 1 aliphatic rings. The van der Waals surface area contributed by atoms with Crippen LogP contribution in [0.4, 0.5) is 17.1 Å². The van der Waals surface area contributed by atoms with Crippen LogP contribution in [0.3, 0.4) is 0 Å². The van der Waals surface area contributed by atoms with E-state index in [0.717, 1.165) is 5.69 Å². The topological polar surface area (TPSA) is 3.24 Å². The molecular weight excluding hydrogens is 615 g/mol. The molecule has 0 heterocycles. The van der Waals surface area contributed by atoms with Crippen molar-refractivity contribution in [3.8, 4) is 44.5 Å². The second-order valence-corrected chi connectivity index (χ2v) is 13.8. The number of benzene rings is 9. The first-order chi connectivity index (χ1) is 25.1. The van der Waals surface area contributed by atoms with E-state index in [0.29, 0.717) is 0 Å². The van der Waals surface area contributed by atoms with Crippen molar-refractivity contribution in [2.75, 3.05) is 4.90 Å². The Morgan fingerprint density at radius 1 is 0.333 bits per heavy atom. The number of rotatable bonds is 5. The lowest BCUT2D eigenvalue weighted by Gasteiger charge is -2.30. The lowest BCUT2D eigenvalue weighted by atomic mass is 9.75. The van der Waals surface area contributed by atoms with E-state index in [1.165, 1.54) is 99.3 Å². The van der Waals surface area contributed by atoms with E-state index in [1.807, 2.05) is 0 Å². The third kappa shape index (κ3) is 4.62. The first kappa shape index (κ1) is 29.5. The standard InChI is InChI=1S/C50H35N/c1-32-15-9-13-23-47(32)51(48-24-14-10-16-33(48)2)38-26-25-36-28-41-42(29-37(36)27-38)44-31-46-45(30-43(41)44)49(34-17-5-3-6-18-34)39-21-11-12-22-40(39)50(46)35-19-7-4-8-20-35/h3-31H,1-2H3. The van der Waals surface area contributed by atoms with Gasteiger partial charge in [0, 0.05) is 17.1 Å².